The first-order valence-electron chi connectivity index (χ1n) is 7.79. The van der Waals surface area contributed by atoms with E-state index >= 15 is 0 Å². The third kappa shape index (κ3) is 2.51. The van der Waals surface area contributed by atoms with Crippen LogP contribution in [0, 0.1) is 12.3 Å². The third-order valence-corrected chi connectivity index (χ3v) is 4.19. The second kappa shape index (κ2) is 5.69. The van der Waals surface area contributed by atoms with Crippen LogP contribution in [0.25, 0.3) is 22.3 Å². The molecule has 4 nitrogen and oxygen atoms in total. The summed E-state index contributed by atoms with van der Waals surface area (Å²) in [7, 11) is 0. The van der Waals surface area contributed by atoms with Crippen molar-refractivity contribution in [1.29, 1.82) is 0 Å². The zero-order valence-electron chi connectivity index (χ0n) is 12.7. The first-order chi connectivity index (χ1) is 11.3. The van der Waals surface area contributed by atoms with Gasteiger partial charge in [0.05, 0.1) is 11.2 Å². The van der Waals surface area contributed by atoms with Crippen LogP contribution in [0.2, 0.25) is 0 Å². The van der Waals surface area contributed by atoms with Gasteiger partial charge in [0.15, 0.2) is 5.82 Å². The number of hydrogen-bond donors (Lipinski definition) is 0. The normalized spacial score (nSPS) is 14.1. The number of hydrogen-bond acceptors (Lipinski definition) is 4. The lowest BCUT2D eigenvalue weighted by Gasteiger charge is -2.17. The quantitative estimate of drug-likeness (QED) is 0.681. The Balaban J connectivity index is 1.86. The van der Waals surface area contributed by atoms with Crippen molar-refractivity contribution in [2.45, 2.75) is 12.8 Å². The molecule has 0 amide bonds. The average Bonchev–Trinajstić information content (AvgIpc) is 3.15. The lowest BCUT2D eigenvalue weighted by atomic mass is 10.1. The molecule has 0 atom stereocenters. The van der Waals surface area contributed by atoms with Gasteiger partial charge in [0.25, 0.3) is 0 Å². The molecule has 2 aromatic heterocycles. The van der Waals surface area contributed by atoms with Crippen LogP contribution in [-0.2, 0) is 0 Å². The predicted octanol–water partition coefficient (Wildman–Crippen LogP) is 3.27. The number of fused-ring (bicyclic) bond motifs is 1. The van der Waals surface area contributed by atoms with Gasteiger partial charge < -0.3 is 4.90 Å². The highest BCUT2D eigenvalue weighted by Gasteiger charge is 2.17. The van der Waals surface area contributed by atoms with Crippen LogP contribution in [0.3, 0.4) is 0 Å². The Morgan fingerprint density at radius 1 is 1.04 bits per heavy atom. The molecule has 0 bridgehead atoms. The van der Waals surface area contributed by atoms with Gasteiger partial charge in [-0.1, -0.05) is 18.1 Å². The Morgan fingerprint density at radius 2 is 1.91 bits per heavy atom. The summed E-state index contributed by atoms with van der Waals surface area (Å²) in [6.45, 7) is 2.06. The fraction of sp³-hybridized carbons (Fsp3) is 0.211. The first-order valence-corrected chi connectivity index (χ1v) is 7.79. The number of rotatable bonds is 2. The Bertz CT molecular complexity index is 905. The second-order valence-electron chi connectivity index (χ2n) is 5.68. The monoisotopic (exact) mass is 300 g/mol. The van der Waals surface area contributed by atoms with Crippen molar-refractivity contribution in [2.24, 2.45) is 0 Å². The van der Waals surface area contributed by atoms with E-state index in [0.717, 1.165) is 46.8 Å². The van der Waals surface area contributed by atoms with Crippen LogP contribution in [0.5, 0.6) is 0 Å². The molecular formula is C19H16N4. The topological polar surface area (TPSA) is 41.9 Å². The van der Waals surface area contributed by atoms with Gasteiger partial charge in [-0.3, -0.25) is 0 Å². The van der Waals surface area contributed by atoms with Gasteiger partial charge in [0.1, 0.15) is 11.8 Å². The van der Waals surface area contributed by atoms with Gasteiger partial charge in [0, 0.05) is 24.2 Å². The largest absolute Gasteiger partial charge is 0.355 e. The molecule has 3 aromatic rings. The average molecular weight is 300 g/mol. The van der Waals surface area contributed by atoms with E-state index in [0.29, 0.717) is 0 Å². The van der Waals surface area contributed by atoms with Crippen molar-refractivity contribution in [2.75, 3.05) is 18.0 Å². The Hall–Kier alpha value is -2.93. The minimum Gasteiger partial charge on any atom is -0.355 e. The highest BCUT2D eigenvalue weighted by Crippen LogP contribution is 2.27. The summed E-state index contributed by atoms with van der Waals surface area (Å²) >= 11 is 0. The molecule has 0 unspecified atom stereocenters. The van der Waals surface area contributed by atoms with Crippen molar-refractivity contribution < 1.29 is 0 Å². The van der Waals surface area contributed by atoms with Crippen molar-refractivity contribution in [3.05, 3.63) is 48.3 Å². The molecule has 0 N–H and O–H groups in total. The van der Waals surface area contributed by atoms with Crippen LogP contribution in [0.15, 0.2) is 42.7 Å². The Labute approximate surface area is 135 Å². The molecule has 1 saturated heterocycles. The highest BCUT2D eigenvalue weighted by atomic mass is 15.2. The van der Waals surface area contributed by atoms with E-state index in [2.05, 4.69) is 20.8 Å². The zero-order valence-corrected chi connectivity index (χ0v) is 12.7. The van der Waals surface area contributed by atoms with Gasteiger partial charge in [-0.25, -0.2) is 15.0 Å². The molecule has 112 valence electrons. The summed E-state index contributed by atoms with van der Waals surface area (Å²) in [6.07, 6.45) is 9.53. The molecule has 0 saturated carbocycles. The molecule has 0 radical (unpaired) electrons. The maximum absolute atomic E-state index is 5.50. The first kappa shape index (κ1) is 13.7. The van der Waals surface area contributed by atoms with E-state index in [9.17, 15) is 0 Å². The number of anilines is 1. The van der Waals surface area contributed by atoms with E-state index in [4.69, 9.17) is 11.4 Å². The fourth-order valence-corrected chi connectivity index (χ4v) is 3.02. The molecule has 1 aliphatic heterocycles. The summed E-state index contributed by atoms with van der Waals surface area (Å²) in [5, 5.41) is 0. The molecule has 4 rings (SSSR count). The Kier molecular flexibility index (Phi) is 3.39. The minimum absolute atomic E-state index is 0.855. The molecule has 1 fully saturated rings. The van der Waals surface area contributed by atoms with E-state index in [-0.39, 0.29) is 0 Å². The lowest BCUT2D eigenvalue weighted by Crippen LogP contribution is -2.19. The maximum Gasteiger partial charge on any atom is 0.158 e. The highest BCUT2D eigenvalue weighted by molar-refractivity contribution is 5.87. The number of aromatic nitrogens is 3. The van der Waals surface area contributed by atoms with Gasteiger partial charge in [-0.15, -0.1) is 6.42 Å². The molecule has 1 aromatic carbocycles. The number of benzene rings is 1. The number of pyridine rings is 1. The second-order valence-corrected chi connectivity index (χ2v) is 5.68. The van der Waals surface area contributed by atoms with Crippen molar-refractivity contribution in [3.63, 3.8) is 0 Å². The van der Waals surface area contributed by atoms with Crippen LogP contribution < -0.4 is 4.90 Å². The molecule has 0 spiro atoms. The van der Waals surface area contributed by atoms with Gasteiger partial charge in [-0.05, 0) is 37.1 Å². The van der Waals surface area contributed by atoms with E-state index in [1.165, 1.54) is 12.8 Å². The van der Waals surface area contributed by atoms with Gasteiger partial charge in [0.2, 0.25) is 0 Å². The molecule has 0 aliphatic carbocycles. The zero-order chi connectivity index (χ0) is 15.6. The molecule has 3 heterocycles. The molecule has 4 heteroatoms. The SMILES string of the molecule is C#Cc1cccc(-c2ccc3ncnc(N4CCCC4)c3n2)c1. The summed E-state index contributed by atoms with van der Waals surface area (Å²) in [5.74, 6) is 3.60. The fourth-order valence-electron chi connectivity index (χ4n) is 3.02. The van der Waals surface area contributed by atoms with Crippen LogP contribution in [-0.4, -0.2) is 28.0 Å². The van der Waals surface area contributed by atoms with Crippen molar-refractivity contribution in [3.8, 4) is 23.6 Å². The van der Waals surface area contributed by atoms with Crippen LogP contribution in [0.4, 0.5) is 5.82 Å². The molecule has 23 heavy (non-hydrogen) atoms. The smallest absolute Gasteiger partial charge is 0.158 e. The standard InChI is InChI=1S/C19H16N4/c1-2-14-6-5-7-15(12-14)16-8-9-17-18(22-16)19(21-13-20-17)23-10-3-4-11-23/h1,5-9,12-13H,3-4,10-11H2. The maximum atomic E-state index is 5.50. The van der Waals surface area contributed by atoms with E-state index in [1.807, 2.05) is 36.4 Å². The molecule has 1 aliphatic rings. The lowest BCUT2D eigenvalue weighted by molar-refractivity contribution is 0.935. The summed E-state index contributed by atoms with van der Waals surface area (Å²) in [6, 6.07) is 11.9. The van der Waals surface area contributed by atoms with Crippen molar-refractivity contribution >= 4 is 16.9 Å². The minimum atomic E-state index is 0.855. The predicted molar refractivity (Wildman–Crippen MR) is 92.2 cm³/mol. The number of nitrogens with zero attached hydrogens (tertiary/aromatic N) is 4. The number of terminal acetylenes is 1. The summed E-state index contributed by atoms with van der Waals surface area (Å²) < 4.78 is 0. The Morgan fingerprint density at radius 3 is 2.74 bits per heavy atom. The van der Waals surface area contributed by atoms with Gasteiger partial charge in [-0.2, -0.15) is 0 Å². The van der Waals surface area contributed by atoms with Gasteiger partial charge >= 0.3 is 0 Å². The van der Waals surface area contributed by atoms with E-state index in [1.54, 1.807) is 6.33 Å². The molecular weight excluding hydrogens is 284 g/mol. The van der Waals surface area contributed by atoms with E-state index < -0.39 is 0 Å². The van der Waals surface area contributed by atoms with Crippen LogP contribution in [0.1, 0.15) is 18.4 Å². The summed E-state index contributed by atoms with van der Waals surface area (Å²) in [5.41, 5.74) is 4.49. The van der Waals surface area contributed by atoms with Crippen LogP contribution >= 0.6 is 0 Å². The third-order valence-electron chi connectivity index (χ3n) is 4.19. The summed E-state index contributed by atoms with van der Waals surface area (Å²) in [4.78, 5) is 15.9. The van der Waals surface area contributed by atoms with Crippen molar-refractivity contribution in [1.82, 2.24) is 15.0 Å².